The monoisotopic (exact) mass is 331 g/mol. The Kier molecular flexibility index (Phi) is 4.98. The summed E-state index contributed by atoms with van der Waals surface area (Å²) in [6.45, 7) is 4.63. The van der Waals surface area contributed by atoms with E-state index in [-0.39, 0.29) is 23.7 Å². The Morgan fingerprint density at radius 2 is 2.04 bits per heavy atom. The van der Waals surface area contributed by atoms with Crippen LogP contribution >= 0.6 is 0 Å². The summed E-state index contributed by atoms with van der Waals surface area (Å²) in [6.07, 6.45) is -5.24. The first-order chi connectivity index (χ1) is 10.8. The van der Waals surface area contributed by atoms with Crippen LogP contribution < -0.4 is 16.0 Å². The van der Waals surface area contributed by atoms with Crippen molar-refractivity contribution in [3.05, 3.63) is 6.07 Å². The SMILES string of the molecule is CCCNc1cc(N)c2c(n1)N(CCC)C(O)C(C(F)(F)F)=N2. The molecular formula is C14H20F3N5O. The zero-order chi connectivity index (χ0) is 17.2. The Bertz CT molecular complexity index is 603. The Hall–Kier alpha value is -2.03. The van der Waals surface area contributed by atoms with E-state index in [0.29, 0.717) is 18.8 Å². The van der Waals surface area contributed by atoms with Gasteiger partial charge < -0.3 is 21.1 Å². The molecule has 6 nitrogen and oxygen atoms in total. The van der Waals surface area contributed by atoms with Gasteiger partial charge >= 0.3 is 6.18 Å². The number of hydrogen-bond donors (Lipinski definition) is 3. The molecule has 0 aromatic carbocycles. The average molecular weight is 331 g/mol. The molecule has 1 aliphatic heterocycles. The van der Waals surface area contributed by atoms with Crippen molar-refractivity contribution in [2.75, 3.05) is 29.0 Å². The van der Waals surface area contributed by atoms with E-state index in [2.05, 4.69) is 15.3 Å². The van der Waals surface area contributed by atoms with E-state index in [1.807, 2.05) is 6.92 Å². The third-order valence-electron chi connectivity index (χ3n) is 3.36. The van der Waals surface area contributed by atoms with Gasteiger partial charge in [0.15, 0.2) is 17.8 Å². The average Bonchev–Trinajstić information content (AvgIpc) is 2.46. The normalized spacial score (nSPS) is 17.7. The number of aliphatic hydroxyl groups is 1. The molecular weight excluding hydrogens is 311 g/mol. The molecule has 0 amide bonds. The van der Waals surface area contributed by atoms with Crippen molar-refractivity contribution in [2.24, 2.45) is 4.99 Å². The van der Waals surface area contributed by atoms with E-state index in [1.165, 1.54) is 11.0 Å². The molecule has 0 bridgehead atoms. The number of nitrogen functional groups attached to an aromatic ring is 1. The number of pyridine rings is 1. The molecule has 1 atom stereocenters. The lowest BCUT2D eigenvalue weighted by atomic mass is 10.1. The lowest BCUT2D eigenvalue weighted by molar-refractivity contribution is -0.0665. The molecule has 1 aliphatic rings. The zero-order valence-corrected chi connectivity index (χ0v) is 13.0. The molecule has 0 fully saturated rings. The molecule has 0 spiro atoms. The quantitative estimate of drug-likeness (QED) is 0.772. The molecule has 0 radical (unpaired) electrons. The number of halogens is 3. The summed E-state index contributed by atoms with van der Waals surface area (Å²) in [5.41, 5.74) is 4.61. The van der Waals surface area contributed by atoms with E-state index in [9.17, 15) is 18.3 Å². The molecule has 23 heavy (non-hydrogen) atoms. The van der Waals surface area contributed by atoms with Gasteiger partial charge in [-0.2, -0.15) is 13.2 Å². The Morgan fingerprint density at radius 3 is 2.61 bits per heavy atom. The van der Waals surface area contributed by atoms with Crippen molar-refractivity contribution < 1.29 is 18.3 Å². The minimum atomic E-state index is -4.74. The van der Waals surface area contributed by atoms with Crippen molar-refractivity contribution in [2.45, 2.75) is 39.1 Å². The number of hydrogen-bond acceptors (Lipinski definition) is 6. The topological polar surface area (TPSA) is 86.8 Å². The summed E-state index contributed by atoms with van der Waals surface area (Å²) < 4.78 is 39.3. The van der Waals surface area contributed by atoms with Crippen LogP contribution in [0.5, 0.6) is 0 Å². The molecule has 4 N–H and O–H groups in total. The highest BCUT2D eigenvalue weighted by Crippen LogP contribution is 2.41. The highest BCUT2D eigenvalue weighted by atomic mass is 19.4. The number of aliphatic hydroxyl groups excluding tert-OH is 1. The molecule has 128 valence electrons. The second-order valence-corrected chi connectivity index (χ2v) is 5.26. The van der Waals surface area contributed by atoms with Crippen molar-refractivity contribution >= 4 is 28.7 Å². The number of aliphatic imine (C=N–C) groups is 1. The van der Waals surface area contributed by atoms with Crippen LogP contribution in [0.3, 0.4) is 0 Å². The number of fused-ring (bicyclic) bond motifs is 1. The predicted molar refractivity (Wildman–Crippen MR) is 84.2 cm³/mol. The fourth-order valence-electron chi connectivity index (χ4n) is 2.32. The third kappa shape index (κ3) is 3.49. The third-order valence-corrected chi connectivity index (χ3v) is 3.36. The smallest absolute Gasteiger partial charge is 0.397 e. The standard InChI is InChI=1S/C14H20F3N5O/c1-3-5-19-9-7-8(18)10-12(20-9)22(6-4-2)13(23)11(21-10)14(15,16)17/h7,13,23H,3-6H2,1-2H3,(H3,18,19,20). The first kappa shape index (κ1) is 17.3. The second kappa shape index (κ2) is 6.61. The molecule has 0 aliphatic carbocycles. The molecule has 1 unspecified atom stereocenters. The largest absolute Gasteiger partial charge is 0.433 e. The van der Waals surface area contributed by atoms with Gasteiger partial charge in [-0.15, -0.1) is 0 Å². The van der Waals surface area contributed by atoms with Crippen LogP contribution in [0.1, 0.15) is 26.7 Å². The molecule has 2 rings (SSSR count). The van der Waals surface area contributed by atoms with Crippen LogP contribution in [-0.4, -0.2) is 41.3 Å². The number of nitrogens with zero attached hydrogens (tertiary/aromatic N) is 3. The maximum atomic E-state index is 13.1. The summed E-state index contributed by atoms with van der Waals surface area (Å²) in [6, 6.07) is 1.45. The van der Waals surface area contributed by atoms with Gasteiger partial charge in [-0.05, 0) is 12.8 Å². The Labute approximate surface area is 132 Å². The first-order valence-electron chi connectivity index (χ1n) is 7.44. The van der Waals surface area contributed by atoms with Crippen molar-refractivity contribution in [3.8, 4) is 0 Å². The molecule has 0 saturated heterocycles. The predicted octanol–water partition coefficient (Wildman–Crippen LogP) is 2.67. The van der Waals surface area contributed by atoms with Gasteiger partial charge in [-0.1, -0.05) is 13.8 Å². The number of alkyl halides is 3. The minimum Gasteiger partial charge on any atom is -0.397 e. The summed E-state index contributed by atoms with van der Waals surface area (Å²) in [5, 5.41) is 13.1. The van der Waals surface area contributed by atoms with E-state index in [4.69, 9.17) is 5.73 Å². The van der Waals surface area contributed by atoms with Gasteiger partial charge in [-0.3, -0.25) is 0 Å². The van der Waals surface area contributed by atoms with E-state index in [0.717, 1.165) is 6.42 Å². The summed E-state index contributed by atoms with van der Waals surface area (Å²) in [4.78, 5) is 8.99. The number of nitrogens with two attached hydrogens (primary N) is 1. The van der Waals surface area contributed by atoms with E-state index in [1.54, 1.807) is 6.92 Å². The van der Waals surface area contributed by atoms with Crippen LogP contribution in [0.4, 0.5) is 36.2 Å². The zero-order valence-electron chi connectivity index (χ0n) is 13.0. The minimum absolute atomic E-state index is 0.0573. The number of rotatable bonds is 5. The van der Waals surface area contributed by atoms with Crippen molar-refractivity contribution in [3.63, 3.8) is 0 Å². The molecule has 1 aromatic heterocycles. The highest BCUT2D eigenvalue weighted by molar-refractivity contribution is 6.02. The van der Waals surface area contributed by atoms with Gasteiger partial charge in [0.1, 0.15) is 11.5 Å². The van der Waals surface area contributed by atoms with E-state index < -0.39 is 18.1 Å². The van der Waals surface area contributed by atoms with Gasteiger partial charge in [0.05, 0.1) is 5.69 Å². The van der Waals surface area contributed by atoms with Gasteiger partial charge in [0.2, 0.25) is 0 Å². The molecule has 0 saturated carbocycles. The van der Waals surface area contributed by atoms with Crippen LogP contribution in [0, 0.1) is 0 Å². The number of aromatic nitrogens is 1. The Balaban J connectivity index is 2.55. The van der Waals surface area contributed by atoms with Crippen molar-refractivity contribution in [1.82, 2.24) is 4.98 Å². The fourth-order valence-corrected chi connectivity index (χ4v) is 2.32. The molecule has 1 aromatic rings. The van der Waals surface area contributed by atoms with Gasteiger partial charge in [0.25, 0.3) is 0 Å². The number of anilines is 3. The van der Waals surface area contributed by atoms with Gasteiger partial charge in [0, 0.05) is 19.2 Å². The maximum Gasteiger partial charge on any atom is 0.433 e. The summed E-state index contributed by atoms with van der Waals surface area (Å²) in [7, 11) is 0. The molecule has 9 heteroatoms. The maximum absolute atomic E-state index is 13.1. The summed E-state index contributed by atoms with van der Waals surface area (Å²) in [5.74, 6) is 0.605. The first-order valence-corrected chi connectivity index (χ1v) is 7.44. The van der Waals surface area contributed by atoms with Gasteiger partial charge in [-0.25, -0.2) is 9.98 Å². The fraction of sp³-hybridized carbons (Fsp3) is 0.571. The van der Waals surface area contributed by atoms with Crippen LogP contribution in [0.15, 0.2) is 11.1 Å². The lowest BCUT2D eigenvalue weighted by Gasteiger charge is -2.35. The van der Waals surface area contributed by atoms with E-state index >= 15 is 0 Å². The lowest BCUT2D eigenvalue weighted by Crippen LogP contribution is -2.49. The van der Waals surface area contributed by atoms with Crippen LogP contribution in [0.25, 0.3) is 0 Å². The van der Waals surface area contributed by atoms with Crippen LogP contribution in [0.2, 0.25) is 0 Å². The number of nitrogens with one attached hydrogen (secondary N) is 1. The molecule has 2 heterocycles. The van der Waals surface area contributed by atoms with Crippen molar-refractivity contribution in [1.29, 1.82) is 0 Å². The highest BCUT2D eigenvalue weighted by Gasteiger charge is 2.46. The van der Waals surface area contributed by atoms with Crippen LogP contribution in [-0.2, 0) is 0 Å². The second-order valence-electron chi connectivity index (χ2n) is 5.26. The Morgan fingerprint density at radius 1 is 1.35 bits per heavy atom. The summed E-state index contributed by atoms with van der Waals surface area (Å²) >= 11 is 0.